The first-order valence-electron chi connectivity index (χ1n) is 1.80. The summed E-state index contributed by atoms with van der Waals surface area (Å²) in [6.45, 7) is 0. The Kier molecular flexibility index (Phi) is 2.33. The molecule has 0 saturated heterocycles. The number of carboxylic acid groups (broad SMARTS) is 1. The lowest BCUT2D eigenvalue weighted by Crippen LogP contribution is -2.00. The van der Waals surface area contributed by atoms with Crippen molar-refractivity contribution in [3.8, 4) is 0 Å². The summed E-state index contributed by atoms with van der Waals surface area (Å²) in [7, 11) is 0. The van der Waals surface area contributed by atoms with Crippen molar-refractivity contribution in [3.05, 3.63) is 11.8 Å². The summed E-state index contributed by atoms with van der Waals surface area (Å²) in [6, 6.07) is 0. The van der Waals surface area contributed by atoms with Crippen LogP contribution in [0.15, 0.2) is 11.8 Å². The number of hydrogen-bond donors (Lipinski definition) is 3. The SMILES string of the molecule is N=CC(=CO)C(=O)O. The van der Waals surface area contributed by atoms with Gasteiger partial charge in [-0.1, -0.05) is 0 Å². The van der Waals surface area contributed by atoms with Crippen molar-refractivity contribution < 1.29 is 15.0 Å². The number of nitrogens with one attached hydrogen (secondary N) is 1. The molecule has 0 aromatic carbocycles. The fourth-order valence-corrected chi connectivity index (χ4v) is 0.154. The lowest BCUT2D eigenvalue weighted by molar-refractivity contribution is -0.132. The summed E-state index contributed by atoms with van der Waals surface area (Å²) >= 11 is 0. The Bertz CT molecular complexity index is 138. The van der Waals surface area contributed by atoms with Gasteiger partial charge in [0, 0.05) is 6.21 Å². The Hall–Kier alpha value is -1.32. The maximum atomic E-state index is 9.78. The van der Waals surface area contributed by atoms with Crippen molar-refractivity contribution in [2.24, 2.45) is 0 Å². The van der Waals surface area contributed by atoms with Gasteiger partial charge >= 0.3 is 5.97 Å². The van der Waals surface area contributed by atoms with Crippen LogP contribution in [-0.2, 0) is 4.79 Å². The van der Waals surface area contributed by atoms with Crippen LogP contribution in [0.3, 0.4) is 0 Å². The van der Waals surface area contributed by atoms with Crippen LogP contribution in [0.4, 0.5) is 0 Å². The second kappa shape index (κ2) is 2.79. The number of carbonyl (C=O) groups is 1. The van der Waals surface area contributed by atoms with E-state index in [1.54, 1.807) is 0 Å². The Balaban J connectivity index is 4.13. The standard InChI is InChI=1S/C4H5NO3/c5-1-3(2-6)4(7)8/h1-2,5-6H,(H,7,8). The first kappa shape index (κ1) is 6.68. The average molecular weight is 115 g/mol. The highest BCUT2D eigenvalue weighted by molar-refractivity contribution is 6.07. The van der Waals surface area contributed by atoms with Crippen molar-refractivity contribution in [2.45, 2.75) is 0 Å². The second-order valence-corrected chi connectivity index (χ2v) is 1.03. The van der Waals surface area contributed by atoms with Gasteiger partial charge in [0.2, 0.25) is 0 Å². The normalized spacial score (nSPS) is 10.8. The highest BCUT2D eigenvalue weighted by Gasteiger charge is 2.00. The third-order valence-electron chi connectivity index (χ3n) is 0.542. The molecule has 0 aliphatic rings. The van der Waals surface area contributed by atoms with E-state index in [-0.39, 0.29) is 0 Å². The Morgan fingerprint density at radius 3 is 2.12 bits per heavy atom. The molecule has 0 fully saturated rings. The van der Waals surface area contributed by atoms with Crippen LogP contribution in [0.2, 0.25) is 0 Å². The molecule has 0 saturated carbocycles. The highest BCUT2D eigenvalue weighted by Crippen LogP contribution is 1.84. The van der Waals surface area contributed by atoms with Crippen LogP contribution in [0.1, 0.15) is 0 Å². The van der Waals surface area contributed by atoms with E-state index in [0.717, 1.165) is 0 Å². The maximum Gasteiger partial charge on any atom is 0.340 e. The summed E-state index contributed by atoms with van der Waals surface area (Å²) in [5.41, 5.74) is -0.426. The topological polar surface area (TPSA) is 81.4 Å². The first-order chi connectivity index (χ1) is 3.72. The molecule has 0 atom stereocenters. The summed E-state index contributed by atoms with van der Waals surface area (Å²) in [6.07, 6.45) is 0.928. The molecule has 0 spiro atoms. The second-order valence-electron chi connectivity index (χ2n) is 1.03. The van der Waals surface area contributed by atoms with Gasteiger partial charge in [0.1, 0.15) is 5.57 Å². The van der Waals surface area contributed by atoms with Gasteiger partial charge in [-0.15, -0.1) is 0 Å². The molecule has 0 aliphatic carbocycles. The van der Waals surface area contributed by atoms with E-state index in [9.17, 15) is 4.79 Å². The number of aliphatic carboxylic acids is 1. The summed E-state index contributed by atoms with van der Waals surface area (Å²) < 4.78 is 0. The molecule has 0 aliphatic heterocycles. The molecule has 0 amide bonds. The maximum absolute atomic E-state index is 9.78. The molecule has 44 valence electrons. The lowest BCUT2D eigenvalue weighted by atomic mass is 10.3. The predicted molar refractivity (Wildman–Crippen MR) is 27.1 cm³/mol. The zero-order chi connectivity index (χ0) is 6.57. The number of carboxylic acids is 1. The van der Waals surface area contributed by atoms with E-state index in [4.69, 9.17) is 15.6 Å². The van der Waals surface area contributed by atoms with Crippen molar-refractivity contribution in [1.29, 1.82) is 5.41 Å². The Morgan fingerprint density at radius 2 is 2.12 bits per heavy atom. The molecule has 0 aromatic rings. The molecule has 0 rings (SSSR count). The number of hydrogen-bond acceptors (Lipinski definition) is 3. The monoisotopic (exact) mass is 115 g/mol. The van der Waals surface area contributed by atoms with E-state index in [1.165, 1.54) is 0 Å². The molecule has 4 nitrogen and oxygen atoms in total. The van der Waals surface area contributed by atoms with Crippen molar-refractivity contribution in [2.75, 3.05) is 0 Å². The largest absolute Gasteiger partial charge is 0.515 e. The molecular formula is C4H5NO3. The van der Waals surface area contributed by atoms with Crippen LogP contribution >= 0.6 is 0 Å². The van der Waals surface area contributed by atoms with E-state index >= 15 is 0 Å². The quantitative estimate of drug-likeness (QED) is 0.272. The molecule has 4 heteroatoms. The van der Waals surface area contributed by atoms with Gasteiger partial charge in [0.05, 0.1) is 6.26 Å². The van der Waals surface area contributed by atoms with Gasteiger partial charge in [-0.05, 0) is 0 Å². The van der Waals surface area contributed by atoms with Crippen molar-refractivity contribution in [1.82, 2.24) is 0 Å². The lowest BCUT2D eigenvalue weighted by Gasteiger charge is -1.84. The van der Waals surface area contributed by atoms with E-state index in [0.29, 0.717) is 12.5 Å². The summed E-state index contributed by atoms with van der Waals surface area (Å²) in [4.78, 5) is 9.78. The third kappa shape index (κ3) is 1.42. The molecule has 0 unspecified atom stereocenters. The fourth-order valence-electron chi connectivity index (χ4n) is 0.154. The third-order valence-corrected chi connectivity index (χ3v) is 0.542. The van der Waals surface area contributed by atoms with Crippen LogP contribution in [0.25, 0.3) is 0 Å². The zero-order valence-electron chi connectivity index (χ0n) is 3.96. The van der Waals surface area contributed by atoms with Crippen LogP contribution < -0.4 is 0 Å². The minimum atomic E-state index is -1.30. The molecule has 0 heterocycles. The summed E-state index contributed by atoms with van der Waals surface area (Å²) in [5, 5.41) is 22.4. The summed E-state index contributed by atoms with van der Waals surface area (Å²) in [5.74, 6) is -1.30. The fraction of sp³-hybridized carbons (Fsp3) is 0. The molecular weight excluding hydrogens is 110 g/mol. The van der Waals surface area contributed by atoms with Gasteiger partial charge < -0.3 is 15.6 Å². The van der Waals surface area contributed by atoms with Crippen molar-refractivity contribution >= 4 is 12.2 Å². The van der Waals surface area contributed by atoms with Gasteiger partial charge in [0.25, 0.3) is 0 Å². The molecule has 0 radical (unpaired) electrons. The van der Waals surface area contributed by atoms with E-state index in [2.05, 4.69) is 0 Å². The molecule has 8 heavy (non-hydrogen) atoms. The molecule has 0 aromatic heterocycles. The Morgan fingerprint density at radius 1 is 1.62 bits per heavy atom. The Labute approximate surface area is 45.6 Å². The van der Waals surface area contributed by atoms with E-state index in [1.807, 2.05) is 0 Å². The number of rotatable bonds is 2. The van der Waals surface area contributed by atoms with Crippen molar-refractivity contribution in [3.63, 3.8) is 0 Å². The van der Waals surface area contributed by atoms with Crippen LogP contribution in [0.5, 0.6) is 0 Å². The number of aliphatic hydroxyl groups is 1. The van der Waals surface area contributed by atoms with Gasteiger partial charge in [0.15, 0.2) is 0 Å². The van der Waals surface area contributed by atoms with Gasteiger partial charge in [-0.2, -0.15) is 0 Å². The van der Waals surface area contributed by atoms with Crippen LogP contribution in [-0.4, -0.2) is 22.4 Å². The minimum Gasteiger partial charge on any atom is -0.515 e. The predicted octanol–water partition coefficient (Wildman–Crippen LogP) is 0.162. The minimum absolute atomic E-state index is 0.370. The average Bonchev–Trinajstić information content (AvgIpc) is 1.69. The van der Waals surface area contributed by atoms with Crippen LogP contribution in [0, 0.1) is 5.41 Å². The van der Waals surface area contributed by atoms with Gasteiger partial charge in [-0.25, -0.2) is 4.79 Å². The smallest absolute Gasteiger partial charge is 0.340 e. The van der Waals surface area contributed by atoms with Gasteiger partial charge in [-0.3, -0.25) is 0 Å². The molecule has 0 bridgehead atoms. The molecule has 3 N–H and O–H groups in total. The zero-order valence-corrected chi connectivity index (χ0v) is 3.96. The number of aliphatic hydroxyl groups excluding tert-OH is 1. The first-order valence-corrected chi connectivity index (χ1v) is 1.80. The van der Waals surface area contributed by atoms with E-state index < -0.39 is 11.5 Å². The highest BCUT2D eigenvalue weighted by atomic mass is 16.4.